The Hall–Kier alpha value is -2.35. The molecule has 3 aromatic rings. The molecule has 0 amide bonds. The number of rotatable bonds is 11. The minimum Gasteiger partial charge on any atom is -0.508 e. The van der Waals surface area contributed by atoms with Crippen LogP contribution in [0, 0.1) is 0 Å². The topological polar surface area (TPSA) is 127 Å². The van der Waals surface area contributed by atoms with Gasteiger partial charge in [0.15, 0.2) is 11.5 Å². The molecule has 2 N–H and O–H groups in total. The second kappa shape index (κ2) is 18.5. The van der Waals surface area contributed by atoms with E-state index in [-0.39, 0.29) is 18.5 Å². The summed E-state index contributed by atoms with van der Waals surface area (Å²) in [5, 5.41) is 18.9. The first kappa shape index (κ1) is 33.5. The van der Waals surface area contributed by atoms with Crippen molar-refractivity contribution in [1.29, 1.82) is 0 Å². The van der Waals surface area contributed by atoms with Gasteiger partial charge in [-0.2, -0.15) is 0 Å². The van der Waals surface area contributed by atoms with Gasteiger partial charge in [-0.05, 0) is 56.7 Å². The number of carbonyl (C=O) groups excluding carboxylic acids is 1. The van der Waals surface area contributed by atoms with Gasteiger partial charge in [0.25, 0.3) is 0 Å². The first-order chi connectivity index (χ1) is 21.0. The number of hydrogen-bond acceptors (Lipinski definition) is 11. The van der Waals surface area contributed by atoms with E-state index in [4.69, 9.17) is 33.3 Å². The second-order valence-corrected chi connectivity index (χ2v) is 15.6. The van der Waals surface area contributed by atoms with Crippen molar-refractivity contribution < 1.29 is 42.8 Å². The van der Waals surface area contributed by atoms with E-state index in [0.29, 0.717) is 41.3 Å². The molecule has 2 aromatic carbocycles. The molecule has 1 aromatic heterocycles. The molecule has 9 nitrogen and oxygen atoms in total. The number of carboxylic acids is 1. The number of carbonyl (C=O) groups is 2. The predicted molar refractivity (Wildman–Crippen MR) is 174 cm³/mol. The van der Waals surface area contributed by atoms with E-state index in [1.54, 1.807) is 30.3 Å². The van der Waals surface area contributed by atoms with Crippen LogP contribution in [0.5, 0.6) is 23.0 Å². The predicted octanol–water partition coefficient (Wildman–Crippen LogP) is 8.83. The minimum atomic E-state index is -0.663. The van der Waals surface area contributed by atoms with E-state index >= 15 is 0 Å². The van der Waals surface area contributed by atoms with Gasteiger partial charge in [0.2, 0.25) is 6.79 Å². The highest BCUT2D eigenvalue weighted by molar-refractivity contribution is 8.77. The summed E-state index contributed by atoms with van der Waals surface area (Å²) >= 11 is 0. The lowest BCUT2D eigenvalue weighted by Crippen LogP contribution is -2.08. The van der Waals surface area contributed by atoms with Crippen LogP contribution < -0.4 is 14.2 Å². The lowest BCUT2D eigenvalue weighted by atomic mass is 10.1. The molecule has 2 fully saturated rings. The third-order valence-corrected chi connectivity index (χ3v) is 12.6. The van der Waals surface area contributed by atoms with E-state index in [0.717, 1.165) is 36.2 Å². The largest absolute Gasteiger partial charge is 0.508 e. The molecule has 2 unspecified atom stereocenters. The summed E-state index contributed by atoms with van der Waals surface area (Å²) in [7, 11) is 7.87. The summed E-state index contributed by atoms with van der Waals surface area (Å²) in [6.45, 7) is 1.45. The van der Waals surface area contributed by atoms with Gasteiger partial charge in [0.1, 0.15) is 11.5 Å². The molecule has 0 radical (unpaired) electrons. The molecule has 0 saturated carbocycles. The van der Waals surface area contributed by atoms with Crippen molar-refractivity contribution in [3.8, 4) is 23.0 Å². The number of fused-ring (bicyclic) bond motifs is 2. The zero-order valence-corrected chi connectivity index (χ0v) is 27.0. The molecule has 4 heterocycles. The van der Waals surface area contributed by atoms with Crippen LogP contribution in [-0.4, -0.2) is 51.0 Å². The van der Waals surface area contributed by atoms with Crippen LogP contribution in [0.15, 0.2) is 51.7 Å². The number of benzene rings is 2. The third kappa shape index (κ3) is 12.3. The third-order valence-electron chi connectivity index (χ3n) is 6.63. The molecule has 3 aliphatic rings. The minimum absolute atomic E-state index is 0.178. The number of phenols is 1. The van der Waals surface area contributed by atoms with Crippen molar-refractivity contribution >= 4 is 66.3 Å². The molecular weight excluding hydrogens is 633 g/mol. The summed E-state index contributed by atoms with van der Waals surface area (Å²) in [4.78, 5) is 22.0. The molecule has 0 spiro atoms. The molecular formula is C30H37O9S4+. The maximum Gasteiger partial charge on any atom is 0.485 e. The fourth-order valence-corrected chi connectivity index (χ4v) is 10.4. The number of aromatic hydroxyl groups is 1. The Balaban J connectivity index is 0.000000162. The standard InChI is InChI=1S/C15H18O4S2.C8H14O2S2.C7H4O3/c16-15(4-2-1-3-12-7-8-20-21-12)19-11-5-6-13-14(9-11)18-10-17-13;9-8(10)4-2-1-3-7-5-6-11-12-7;8-5-1-2-6-7(3-5)10-4-9-6/h5-6,9,12H,1-4,7-8,10H2;7H,1-6H2,(H,9,10);1-4H/p+1. The number of phenolic OH excluding ortho intramolecular Hbond substituents is 1. The Labute approximate surface area is 267 Å². The average molecular weight is 670 g/mol. The number of ether oxygens (including phenoxy) is 3. The summed E-state index contributed by atoms with van der Waals surface area (Å²) in [5.41, 5.74) is 1.19. The van der Waals surface area contributed by atoms with Gasteiger partial charge >= 0.3 is 29.6 Å². The van der Waals surface area contributed by atoms with E-state index in [2.05, 4.69) is 0 Å². The summed E-state index contributed by atoms with van der Waals surface area (Å²) < 4.78 is 25.6. The highest BCUT2D eigenvalue weighted by Gasteiger charge is 2.18. The molecule has 2 atom stereocenters. The van der Waals surface area contributed by atoms with Crippen molar-refractivity contribution in [2.45, 2.75) is 74.7 Å². The van der Waals surface area contributed by atoms with E-state index in [9.17, 15) is 9.59 Å². The average Bonchev–Trinajstić information content (AvgIpc) is 3.82. The first-order valence-electron chi connectivity index (χ1n) is 14.3. The molecule has 43 heavy (non-hydrogen) atoms. The highest BCUT2D eigenvalue weighted by atomic mass is 33.1. The van der Waals surface area contributed by atoms with Crippen molar-refractivity contribution in [3.05, 3.63) is 42.9 Å². The lowest BCUT2D eigenvalue weighted by molar-refractivity contribution is -0.137. The summed E-state index contributed by atoms with van der Waals surface area (Å²) in [6, 6.07) is 9.89. The van der Waals surface area contributed by atoms with E-state index < -0.39 is 5.97 Å². The molecule has 3 aliphatic heterocycles. The number of unbranched alkanes of at least 4 members (excludes halogenated alkanes) is 2. The Morgan fingerprint density at radius 3 is 2.26 bits per heavy atom. The molecule has 0 bridgehead atoms. The van der Waals surface area contributed by atoms with Gasteiger partial charge < -0.3 is 24.4 Å². The van der Waals surface area contributed by atoms with Crippen LogP contribution in [0.2, 0.25) is 0 Å². The van der Waals surface area contributed by atoms with Crippen molar-refractivity contribution in [3.63, 3.8) is 0 Å². The number of aliphatic carboxylic acids is 1. The first-order valence-corrected chi connectivity index (χ1v) is 19.1. The molecule has 13 heteroatoms. The van der Waals surface area contributed by atoms with Crippen LogP contribution in [0.4, 0.5) is 0 Å². The second-order valence-electron chi connectivity index (χ2n) is 10.00. The summed E-state index contributed by atoms with van der Waals surface area (Å²) in [6.07, 6.45) is 9.73. The SMILES string of the molecule is O=C(CCCCC1CCSS1)Oc1ccc2c(c1)OCO2.O=C(O)CCCCC1CCSS1.Oc1ccc2[o+]coc2c1. The zero-order valence-electron chi connectivity index (χ0n) is 23.8. The van der Waals surface area contributed by atoms with Gasteiger partial charge in [-0.25, -0.2) is 0 Å². The van der Waals surface area contributed by atoms with Gasteiger partial charge in [0, 0.05) is 47.0 Å². The quantitative estimate of drug-likeness (QED) is 0.0664. The Morgan fingerprint density at radius 1 is 0.884 bits per heavy atom. The normalized spacial score (nSPS) is 18.4. The van der Waals surface area contributed by atoms with Crippen LogP contribution in [0.1, 0.15) is 64.2 Å². The van der Waals surface area contributed by atoms with Gasteiger partial charge in [0.05, 0.1) is 6.07 Å². The molecule has 6 rings (SSSR count). The van der Waals surface area contributed by atoms with Crippen molar-refractivity contribution in [2.75, 3.05) is 18.3 Å². The van der Waals surface area contributed by atoms with Crippen LogP contribution >= 0.6 is 43.2 Å². The summed E-state index contributed by atoms with van der Waals surface area (Å²) in [5.74, 6) is 3.73. The van der Waals surface area contributed by atoms with E-state index in [1.807, 2.05) is 43.2 Å². The Morgan fingerprint density at radius 2 is 1.58 bits per heavy atom. The maximum absolute atomic E-state index is 11.8. The lowest BCUT2D eigenvalue weighted by Gasteiger charge is -2.07. The monoisotopic (exact) mass is 669 g/mol. The number of carboxylic acid groups (broad SMARTS) is 1. The van der Waals surface area contributed by atoms with Crippen molar-refractivity contribution in [1.82, 2.24) is 0 Å². The van der Waals surface area contributed by atoms with Crippen LogP contribution in [0.3, 0.4) is 0 Å². The van der Waals surface area contributed by atoms with Gasteiger partial charge in [-0.15, -0.1) is 0 Å². The van der Waals surface area contributed by atoms with Gasteiger partial charge in [-0.1, -0.05) is 56.0 Å². The molecule has 2 saturated heterocycles. The zero-order chi connectivity index (χ0) is 30.3. The number of esters is 1. The maximum atomic E-state index is 11.8. The highest BCUT2D eigenvalue weighted by Crippen LogP contribution is 2.41. The molecule has 0 aliphatic carbocycles. The fourth-order valence-electron chi connectivity index (χ4n) is 4.36. The van der Waals surface area contributed by atoms with Crippen molar-refractivity contribution in [2.24, 2.45) is 0 Å². The smallest absolute Gasteiger partial charge is 0.485 e. The Kier molecular flexibility index (Phi) is 14.4. The van der Waals surface area contributed by atoms with Gasteiger partial charge in [-0.3, -0.25) is 18.4 Å². The molecule has 234 valence electrons. The van der Waals surface area contributed by atoms with Crippen LogP contribution in [0.25, 0.3) is 11.2 Å². The fraction of sp³-hybridized carbons (Fsp3) is 0.500. The van der Waals surface area contributed by atoms with E-state index in [1.165, 1.54) is 49.7 Å². The van der Waals surface area contributed by atoms with Crippen LogP contribution in [-0.2, 0) is 9.59 Å². The number of hydrogen-bond donors (Lipinski definition) is 2. The Bertz CT molecular complexity index is 1290.